The molecule has 0 fully saturated rings. The highest BCUT2D eigenvalue weighted by atomic mass is 19.1. The zero-order valence-electron chi connectivity index (χ0n) is 12.7. The number of nitrogens with zero attached hydrogens (tertiary/aromatic N) is 3. The van der Waals surface area contributed by atoms with Crippen LogP contribution in [-0.4, -0.2) is 32.7 Å². The van der Waals surface area contributed by atoms with Crippen molar-refractivity contribution in [2.45, 2.75) is 13.0 Å². The van der Waals surface area contributed by atoms with Crippen LogP contribution in [0.1, 0.15) is 11.3 Å². The average molecular weight is 331 g/mol. The highest BCUT2D eigenvalue weighted by Crippen LogP contribution is 2.07. The molecule has 2 aromatic heterocycles. The third kappa shape index (κ3) is 3.40. The fourth-order valence-electron chi connectivity index (χ4n) is 2.11. The molecule has 3 aromatic rings. The molecule has 0 saturated carbocycles. The van der Waals surface area contributed by atoms with Gasteiger partial charge < -0.3 is 10.1 Å². The molecule has 9 heteroatoms. The van der Waals surface area contributed by atoms with Gasteiger partial charge in [0.15, 0.2) is 0 Å². The molecule has 124 valence electrons. The third-order valence-corrected chi connectivity index (χ3v) is 3.31. The van der Waals surface area contributed by atoms with Gasteiger partial charge in [-0.25, -0.2) is 9.37 Å². The maximum absolute atomic E-state index is 12.9. The van der Waals surface area contributed by atoms with Crippen molar-refractivity contribution in [1.82, 2.24) is 19.6 Å². The molecule has 0 aliphatic carbocycles. The summed E-state index contributed by atoms with van der Waals surface area (Å²) in [5.74, 6) is -0.324. The van der Waals surface area contributed by atoms with Gasteiger partial charge in [0, 0.05) is 12.6 Å². The lowest BCUT2D eigenvalue weighted by Gasteiger charge is -2.01. The van der Waals surface area contributed by atoms with E-state index in [-0.39, 0.29) is 29.3 Å². The molecule has 0 atom stereocenters. The van der Waals surface area contributed by atoms with Gasteiger partial charge in [0.25, 0.3) is 11.3 Å². The number of aromatic nitrogens is 4. The van der Waals surface area contributed by atoms with Crippen LogP contribution in [0.25, 0.3) is 5.78 Å². The van der Waals surface area contributed by atoms with Crippen LogP contribution in [-0.2, 0) is 22.5 Å². The minimum absolute atomic E-state index is 0.104. The topological polar surface area (TPSA) is 101 Å². The first-order valence-electron chi connectivity index (χ1n) is 7.09. The molecule has 0 radical (unpaired) electrons. The number of ether oxygens (including phenoxy) is 1. The standard InChI is InChI=1S/C15H14FN5O3/c1-24-13(23)7-11-6-12(22)21-15(18-11)19-14(20-21)17-8-9-2-4-10(16)5-3-9/h2-6H,7-8H2,1H3,(H2,17,18,19,20). The zero-order chi connectivity index (χ0) is 17.1. The number of anilines is 1. The van der Waals surface area contributed by atoms with Gasteiger partial charge in [-0.2, -0.15) is 9.50 Å². The summed E-state index contributed by atoms with van der Waals surface area (Å²) < 4.78 is 18.6. The van der Waals surface area contributed by atoms with Crippen molar-refractivity contribution in [2.24, 2.45) is 0 Å². The second kappa shape index (κ2) is 6.49. The summed E-state index contributed by atoms with van der Waals surface area (Å²) in [4.78, 5) is 31.6. The lowest BCUT2D eigenvalue weighted by molar-refractivity contribution is -0.139. The number of halogens is 1. The van der Waals surface area contributed by atoms with Crippen LogP contribution in [0.2, 0.25) is 0 Å². The number of carbonyl (C=O) groups excluding carboxylic acids is 1. The Morgan fingerprint density at radius 3 is 2.79 bits per heavy atom. The van der Waals surface area contributed by atoms with Crippen LogP contribution in [0.4, 0.5) is 10.3 Å². The van der Waals surface area contributed by atoms with Gasteiger partial charge in [0.05, 0.1) is 19.2 Å². The van der Waals surface area contributed by atoms with E-state index in [2.05, 4.69) is 25.1 Å². The van der Waals surface area contributed by atoms with Crippen molar-refractivity contribution in [3.8, 4) is 0 Å². The Hall–Kier alpha value is -3.23. The molecule has 0 aliphatic heterocycles. The summed E-state index contributed by atoms with van der Waals surface area (Å²) in [6.45, 7) is 0.393. The van der Waals surface area contributed by atoms with Crippen LogP contribution in [0.5, 0.6) is 0 Å². The van der Waals surface area contributed by atoms with Crippen molar-refractivity contribution in [3.05, 3.63) is 57.8 Å². The van der Waals surface area contributed by atoms with Gasteiger partial charge in [0.2, 0.25) is 5.95 Å². The molecule has 8 nitrogen and oxygen atoms in total. The SMILES string of the molecule is COC(=O)Cc1cc(=O)n2[nH]c(NCc3ccc(F)cc3)nc2n1. The third-order valence-electron chi connectivity index (χ3n) is 3.31. The van der Waals surface area contributed by atoms with Gasteiger partial charge in [-0.3, -0.25) is 14.7 Å². The number of H-pyrrole nitrogens is 1. The van der Waals surface area contributed by atoms with E-state index in [1.165, 1.54) is 25.3 Å². The van der Waals surface area contributed by atoms with Gasteiger partial charge in [-0.05, 0) is 17.7 Å². The molecular weight excluding hydrogens is 317 g/mol. The highest BCUT2D eigenvalue weighted by molar-refractivity contribution is 5.71. The molecule has 1 aromatic carbocycles. The predicted octanol–water partition coefficient (Wildman–Crippen LogP) is 0.884. The van der Waals surface area contributed by atoms with Gasteiger partial charge in [-0.1, -0.05) is 12.1 Å². The number of hydrogen-bond donors (Lipinski definition) is 2. The highest BCUT2D eigenvalue weighted by Gasteiger charge is 2.11. The first kappa shape index (κ1) is 15.7. The van der Waals surface area contributed by atoms with E-state index in [1.807, 2.05) is 0 Å². The molecule has 24 heavy (non-hydrogen) atoms. The van der Waals surface area contributed by atoms with Crippen molar-refractivity contribution in [1.29, 1.82) is 0 Å². The van der Waals surface area contributed by atoms with E-state index in [4.69, 9.17) is 0 Å². The number of aromatic amines is 1. The zero-order valence-corrected chi connectivity index (χ0v) is 12.7. The summed E-state index contributed by atoms with van der Waals surface area (Å²) in [7, 11) is 1.26. The normalized spacial score (nSPS) is 10.8. The van der Waals surface area contributed by atoms with Crippen molar-refractivity contribution >= 4 is 17.7 Å². The van der Waals surface area contributed by atoms with E-state index in [0.717, 1.165) is 10.1 Å². The Morgan fingerprint density at radius 1 is 1.33 bits per heavy atom. The number of methoxy groups -OCH3 is 1. The Bertz CT molecular complexity index is 932. The van der Waals surface area contributed by atoms with E-state index in [0.29, 0.717) is 12.5 Å². The van der Waals surface area contributed by atoms with Crippen LogP contribution in [0.3, 0.4) is 0 Å². The Balaban J connectivity index is 1.80. The number of benzene rings is 1. The molecule has 0 unspecified atom stereocenters. The number of esters is 1. The number of rotatable bonds is 5. The Morgan fingerprint density at radius 2 is 2.08 bits per heavy atom. The van der Waals surface area contributed by atoms with E-state index in [9.17, 15) is 14.0 Å². The molecule has 0 saturated heterocycles. The van der Waals surface area contributed by atoms with Gasteiger partial charge >= 0.3 is 5.97 Å². The summed E-state index contributed by atoms with van der Waals surface area (Å²) in [5.41, 5.74) is 0.744. The molecule has 0 amide bonds. The number of hydrogen-bond acceptors (Lipinski definition) is 6. The molecule has 0 aliphatic rings. The van der Waals surface area contributed by atoms with E-state index < -0.39 is 5.97 Å². The smallest absolute Gasteiger partial charge is 0.311 e. The maximum Gasteiger partial charge on any atom is 0.311 e. The molecule has 3 rings (SSSR count). The summed E-state index contributed by atoms with van der Waals surface area (Å²) >= 11 is 0. The monoisotopic (exact) mass is 331 g/mol. The Kier molecular flexibility index (Phi) is 4.23. The van der Waals surface area contributed by atoms with Crippen molar-refractivity contribution in [2.75, 3.05) is 12.4 Å². The van der Waals surface area contributed by atoms with E-state index in [1.54, 1.807) is 12.1 Å². The average Bonchev–Trinajstić information content (AvgIpc) is 2.98. The number of nitrogens with one attached hydrogen (secondary N) is 2. The van der Waals surface area contributed by atoms with Crippen LogP contribution in [0.15, 0.2) is 35.1 Å². The van der Waals surface area contributed by atoms with Crippen LogP contribution < -0.4 is 10.9 Å². The molecule has 2 heterocycles. The summed E-state index contributed by atoms with van der Waals surface area (Å²) in [5, 5.41) is 5.76. The maximum atomic E-state index is 12.9. The molecule has 2 N–H and O–H groups in total. The van der Waals surface area contributed by atoms with Crippen molar-refractivity contribution in [3.63, 3.8) is 0 Å². The van der Waals surface area contributed by atoms with Gasteiger partial charge in [-0.15, -0.1) is 0 Å². The summed E-state index contributed by atoms with van der Waals surface area (Å²) in [6, 6.07) is 7.25. The molecule has 0 spiro atoms. The second-order valence-corrected chi connectivity index (χ2v) is 5.03. The quantitative estimate of drug-likeness (QED) is 0.673. The molecule has 0 bridgehead atoms. The van der Waals surface area contributed by atoms with E-state index >= 15 is 0 Å². The second-order valence-electron chi connectivity index (χ2n) is 5.03. The summed E-state index contributed by atoms with van der Waals surface area (Å²) in [6.07, 6.45) is -0.104. The fourth-order valence-corrected chi connectivity index (χ4v) is 2.11. The minimum atomic E-state index is -0.489. The predicted molar refractivity (Wildman–Crippen MR) is 83.1 cm³/mol. The molecular formula is C15H14FN5O3. The van der Waals surface area contributed by atoms with Crippen molar-refractivity contribution < 1.29 is 13.9 Å². The fraction of sp³-hybridized carbons (Fsp3) is 0.200. The lowest BCUT2D eigenvalue weighted by Crippen LogP contribution is -2.17. The van der Waals surface area contributed by atoms with Crippen LogP contribution in [0, 0.1) is 5.82 Å². The van der Waals surface area contributed by atoms with Gasteiger partial charge in [0.1, 0.15) is 5.82 Å². The number of carbonyl (C=O) groups is 1. The lowest BCUT2D eigenvalue weighted by atomic mass is 10.2. The number of fused-ring (bicyclic) bond motifs is 1. The Labute approximate surface area is 135 Å². The minimum Gasteiger partial charge on any atom is -0.469 e. The largest absolute Gasteiger partial charge is 0.469 e. The first-order chi connectivity index (χ1) is 11.5. The first-order valence-corrected chi connectivity index (χ1v) is 7.09. The van der Waals surface area contributed by atoms with Crippen LogP contribution >= 0.6 is 0 Å².